The number of para-hydroxylation sites is 1. The van der Waals surface area contributed by atoms with E-state index in [1.807, 2.05) is 53.4 Å². The van der Waals surface area contributed by atoms with Gasteiger partial charge in [-0.05, 0) is 57.0 Å². The van der Waals surface area contributed by atoms with Gasteiger partial charge in [0.05, 0.1) is 18.4 Å². The van der Waals surface area contributed by atoms with Crippen LogP contribution < -0.4 is 14.5 Å². The first-order valence-electron chi connectivity index (χ1n) is 11.0. The van der Waals surface area contributed by atoms with Gasteiger partial charge in [-0.2, -0.15) is 0 Å². The highest BCUT2D eigenvalue weighted by molar-refractivity contribution is 6.45. The van der Waals surface area contributed by atoms with Gasteiger partial charge in [-0.1, -0.05) is 18.2 Å². The maximum Gasteiger partial charge on any atom is 0.282 e. The molecule has 0 aliphatic carbocycles. The number of hydrogen-bond acceptors (Lipinski definition) is 5. The van der Waals surface area contributed by atoms with Crippen molar-refractivity contribution in [3.05, 3.63) is 59.8 Å². The number of carbonyl (C=O) groups is 2. The van der Waals surface area contributed by atoms with E-state index in [0.29, 0.717) is 28.3 Å². The number of imide groups is 1. The van der Waals surface area contributed by atoms with Gasteiger partial charge in [0.1, 0.15) is 11.4 Å². The van der Waals surface area contributed by atoms with E-state index in [-0.39, 0.29) is 11.8 Å². The van der Waals surface area contributed by atoms with Crippen molar-refractivity contribution >= 4 is 28.8 Å². The van der Waals surface area contributed by atoms with E-state index in [4.69, 9.17) is 4.74 Å². The standard InChI is InChI=1S/C25H29N3O3/c1-4-26(5-2)18-12-14-19(15-13-18)28-24(29)22(20-10-6-7-11-21(20)31-3)23(25(28)30)27-16-8-9-17-27/h6-7,10-15H,4-5,8-9,16-17H2,1-3H3. The molecule has 0 saturated carbocycles. The molecule has 2 aromatic rings. The molecule has 0 atom stereocenters. The second kappa shape index (κ2) is 8.84. The van der Waals surface area contributed by atoms with Crippen molar-refractivity contribution in [3.8, 4) is 5.75 Å². The SMILES string of the molecule is CCN(CC)c1ccc(N2C(=O)C(c3ccccc3OC)=C(N3CCCC3)C2=O)cc1. The number of anilines is 2. The summed E-state index contributed by atoms with van der Waals surface area (Å²) in [6.07, 6.45) is 2.03. The minimum atomic E-state index is -0.299. The minimum Gasteiger partial charge on any atom is -0.496 e. The van der Waals surface area contributed by atoms with Crippen LogP contribution in [0.3, 0.4) is 0 Å². The Morgan fingerprint density at radius 3 is 2.16 bits per heavy atom. The molecule has 1 fully saturated rings. The lowest BCUT2D eigenvalue weighted by Gasteiger charge is -2.23. The molecule has 2 heterocycles. The van der Waals surface area contributed by atoms with Gasteiger partial charge >= 0.3 is 0 Å². The fourth-order valence-corrected chi connectivity index (χ4v) is 4.48. The van der Waals surface area contributed by atoms with E-state index in [2.05, 4.69) is 18.7 Å². The summed E-state index contributed by atoms with van der Waals surface area (Å²) in [5, 5.41) is 0. The number of methoxy groups -OCH3 is 1. The van der Waals surface area contributed by atoms with Crippen molar-refractivity contribution in [2.24, 2.45) is 0 Å². The number of nitrogens with zero attached hydrogens (tertiary/aromatic N) is 3. The van der Waals surface area contributed by atoms with E-state index in [1.54, 1.807) is 7.11 Å². The lowest BCUT2D eigenvalue weighted by Crippen LogP contribution is -2.34. The van der Waals surface area contributed by atoms with Gasteiger partial charge in [-0.3, -0.25) is 9.59 Å². The van der Waals surface area contributed by atoms with Crippen LogP contribution >= 0.6 is 0 Å². The first-order chi connectivity index (χ1) is 15.1. The fourth-order valence-electron chi connectivity index (χ4n) is 4.48. The van der Waals surface area contributed by atoms with Crippen molar-refractivity contribution in [2.75, 3.05) is 43.1 Å². The summed E-state index contributed by atoms with van der Waals surface area (Å²) >= 11 is 0. The second-order valence-corrected chi connectivity index (χ2v) is 7.75. The van der Waals surface area contributed by atoms with Gasteiger partial charge in [0.2, 0.25) is 0 Å². The van der Waals surface area contributed by atoms with Crippen molar-refractivity contribution < 1.29 is 14.3 Å². The molecule has 0 aromatic heterocycles. The van der Waals surface area contributed by atoms with Crippen LogP contribution in [0.4, 0.5) is 11.4 Å². The van der Waals surface area contributed by atoms with E-state index in [0.717, 1.165) is 44.7 Å². The summed E-state index contributed by atoms with van der Waals surface area (Å²) in [5.41, 5.74) is 3.24. The highest BCUT2D eigenvalue weighted by Gasteiger charge is 2.43. The first kappa shape index (κ1) is 21.0. The largest absolute Gasteiger partial charge is 0.496 e. The average molecular weight is 420 g/mol. The summed E-state index contributed by atoms with van der Waals surface area (Å²) in [6.45, 7) is 7.57. The van der Waals surface area contributed by atoms with Crippen molar-refractivity contribution in [3.63, 3.8) is 0 Å². The van der Waals surface area contributed by atoms with E-state index in [1.165, 1.54) is 4.90 Å². The van der Waals surface area contributed by atoms with Crippen molar-refractivity contribution in [2.45, 2.75) is 26.7 Å². The fraction of sp³-hybridized carbons (Fsp3) is 0.360. The zero-order valence-corrected chi connectivity index (χ0v) is 18.4. The van der Waals surface area contributed by atoms with E-state index >= 15 is 0 Å². The minimum absolute atomic E-state index is 0.261. The number of rotatable bonds is 7. The number of benzene rings is 2. The molecular weight excluding hydrogens is 390 g/mol. The summed E-state index contributed by atoms with van der Waals surface area (Å²) < 4.78 is 5.52. The quantitative estimate of drug-likeness (QED) is 0.637. The zero-order chi connectivity index (χ0) is 22.0. The van der Waals surface area contributed by atoms with Crippen LogP contribution in [0, 0.1) is 0 Å². The summed E-state index contributed by atoms with van der Waals surface area (Å²) in [5.74, 6) is 0.0319. The van der Waals surface area contributed by atoms with Gasteiger partial charge in [0.25, 0.3) is 11.8 Å². The lowest BCUT2D eigenvalue weighted by atomic mass is 10.0. The van der Waals surface area contributed by atoms with Gasteiger partial charge in [-0.15, -0.1) is 0 Å². The molecule has 6 heteroatoms. The molecule has 4 rings (SSSR count). The van der Waals surface area contributed by atoms with Crippen LogP contribution in [0.5, 0.6) is 5.75 Å². The molecule has 1 saturated heterocycles. The predicted octanol–water partition coefficient (Wildman–Crippen LogP) is 3.92. The van der Waals surface area contributed by atoms with Crippen LogP contribution in [0.1, 0.15) is 32.3 Å². The van der Waals surface area contributed by atoms with Crippen LogP contribution in [0.2, 0.25) is 0 Å². The third-order valence-corrected chi connectivity index (χ3v) is 6.09. The molecule has 0 radical (unpaired) electrons. The molecule has 2 aliphatic heterocycles. The Labute approximate surface area is 183 Å². The molecule has 31 heavy (non-hydrogen) atoms. The topological polar surface area (TPSA) is 53.1 Å². The Hall–Kier alpha value is -3.28. The third kappa shape index (κ3) is 3.67. The zero-order valence-electron chi connectivity index (χ0n) is 18.4. The Kier molecular flexibility index (Phi) is 5.98. The van der Waals surface area contributed by atoms with Gasteiger partial charge in [0, 0.05) is 37.4 Å². The Morgan fingerprint density at radius 1 is 0.903 bits per heavy atom. The molecule has 0 bridgehead atoms. The van der Waals surface area contributed by atoms with E-state index in [9.17, 15) is 9.59 Å². The number of amides is 2. The number of carbonyl (C=O) groups excluding carboxylic acids is 2. The summed E-state index contributed by atoms with van der Waals surface area (Å²) in [7, 11) is 1.58. The molecule has 2 amide bonds. The first-order valence-corrected chi connectivity index (χ1v) is 11.0. The van der Waals surface area contributed by atoms with Gasteiger partial charge in [0.15, 0.2) is 0 Å². The van der Waals surface area contributed by atoms with Gasteiger partial charge < -0.3 is 14.5 Å². The number of ether oxygens (including phenoxy) is 1. The van der Waals surface area contributed by atoms with Crippen molar-refractivity contribution in [1.29, 1.82) is 0 Å². The average Bonchev–Trinajstić information content (AvgIpc) is 3.41. The van der Waals surface area contributed by atoms with Crippen LogP contribution in [0.15, 0.2) is 54.2 Å². The highest BCUT2D eigenvalue weighted by Crippen LogP contribution is 2.39. The molecule has 162 valence electrons. The Bertz CT molecular complexity index is 1000. The van der Waals surface area contributed by atoms with E-state index < -0.39 is 0 Å². The normalized spacial score (nSPS) is 16.5. The molecule has 0 N–H and O–H groups in total. The van der Waals surface area contributed by atoms with Crippen LogP contribution in [0.25, 0.3) is 5.57 Å². The summed E-state index contributed by atoms with van der Waals surface area (Å²) in [6, 6.07) is 15.1. The third-order valence-electron chi connectivity index (χ3n) is 6.09. The molecule has 0 unspecified atom stereocenters. The second-order valence-electron chi connectivity index (χ2n) is 7.75. The Morgan fingerprint density at radius 2 is 1.55 bits per heavy atom. The number of likely N-dealkylation sites (tertiary alicyclic amines) is 1. The maximum absolute atomic E-state index is 13.6. The number of hydrogen-bond donors (Lipinski definition) is 0. The Balaban J connectivity index is 1.77. The highest BCUT2D eigenvalue weighted by atomic mass is 16.5. The monoisotopic (exact) mass is 419 g/mol. The molecule has 2 aromatic carbocycles. The molecule has 0 spiro atoms. The molecule has 6 nitrogen and oxygen atoms in total. The lowest BCUT2D eigenvalue weighted by molar-refractivity contribution is -0.120. The maximum atomic E-state index is 13.6. The smallest absolute Gasteiger partial charge is 0.282 e. The van der Waals surface area contributed by atoms with Crippen LogP contribution in [-0.4, -0.2) is 50.0 Å². The van der Waals surface area contributed by atoms with Gasteiger partial charge in [-0.25, -0.2) is 4.90 Å². The van der Waals surface area contributed by atoms with Crippen LogP contribution in [-0.2, 0) is 9.59 Å². The summed E-state index contributed by atoms with van der Waals surface area (Å²) in [4.78, 5) is 32.8. The molecular formula is C25H29N3O3. The van der Waals surface area contributed by atoms with Crippen molar-refractivity contribution in [1.82, 2.24) is 4.90 Å². The predicted molar refractivity (Wildman–Crippen MR) is 123 cm³/mol. The molecule has 2 aliphatic rings.